The summed E-state index contributed by atoms with van der Waals surface area (Å²) >= 11 is 0. The van der Waals surface area contributed by atoms with Crippen molar-refractivity contribution in [3.63, 3.8) is 0 Å². The molecule has 2 heterocycles. The SMILES string of the molecule is CCCCN1CCC(NC(=NCc2ccccc2CN(C)Cc2ccco2)NCC)CC1. The van der Waals surface area contributed by atoms with Gasteiger partial charge in [-0.15, -0.1) is 0 Å². The van der Waals surface area contributed by atoms with Crippen LogP contribution in [-0.4, -0.2) is 55.0 Å². The summed E-state index contributed by atoms with van der Waals surface area (Å²) in [5.74, 6) is 1.92. The van der Waals surface area contributed by atoms with Crippen molar-refractivity contribution < 1.29 is 4.42 Å². The van der Waals surface area contributed by atoms with Crippen LogP contribution < -0.4 is 10.6 Å². The fourth-order valence-electron chi connectivity index (χ4n) is 4.24. The largest absolute Gasteiger partial charge is 0.468 e. The predicted molar refractivity (Wildman–Crippen MR) is 133 cm³/mol. The number of benzene rings is 1. The van der Waals surface area contributed by atoms with E-state index < -0.39 is 0 Å². The lowest BCUT2D eigenvalue weighted by atomic mass is 10.0. The number of rotatable bonds is 11. The number of furan rings is 1. The molecule has 1 aliphatic rings. The first-order valence-electron chi connectivity index (χ1n) is 12.2. The number of aliphatic imine (C=N–C) groups is 1. The van der Waals surface area contributed by atoms with Gasteiger partial charge < -0.3 is 20.0 Å². The van der Waals surface area contributed by atoms with Gasteiger partial charge in [-0.2, -0.15) is 0 Å². The molecule has 0 amide bonds. The van der Waals surface area contributed by atoms with Crippen molar-refractivity contribution in [2.75, 3.05) is 33.2 Å². The van der Waals surface area contributed by atoms with Gasteiger partial charge in [-0.3, -0.25) is 4.90 Å². The Kier molecular flexibility index (Phi) is 10.1. The van der Waals surface area contributed by atoms with E-state index in [0.717, 1.165) is 31.4 Å². The number of unbranched alkanes of at least 4 members (excludes halogenated alkanes) is 1. The molecule has 3 rings (SSSR count). The monoisotopic (exact) mass is 439 g/mol. The fourth-order valence-corrected chi connectivity index (χ4v) is 4.24. The van der Waals surface area contributed by atoms with E-state index >= 15 is 0 Å². The molecular formula is C26H41N5O. The molecule has 2 aromatic rings. The first-order chi connectivity index (χ1) is 15.7. The number of guanidine groups is 1. The molecule has 0 radical (unpaired) electrons. The molecule has 0 spiro atoms. The van der Waals surface area contributed by atoms with E-state index in [1.807, 2.05) is 12.1 Å². The third kappa shape index (κ3) is 7.99. The van der Waals surface area contributed by atoms with Crippen LogP contribution in [0.25, 0.3) is 0 Å². The Hall–Kier alpha value is -2.31. The summed E-state index contributed by atoms with van der Waals surface area (Å²) in [6.07, 6.45) is 6.68. The Morgan fingerprint density at radius 3 is 2.56 bits per heavy atom. The zero-order chi connectivity index (χ0) is 22.6. The van der Waals surface area contributed by atoms with Crippen LogP contribution in [0, 0.1) is 0 Å². The highest BCUT2D eigenvalue weighted by Crippen LogP contribution is 2.15. The lowest BCUT2D eigenvalue weighted by molar-refractivity contribution is 0.203. The van der Waals surface area contributed by atoms with Crippen molar-refractivity contribution in [3.05, 3.63) is 59.5 Å². The summed E-state index contributed by atoms with van der Waals surface area (Å²) in [6, 6.07) is 13.1. The molecule has 0 unspecified atom stereocenters. The number of piperidine rings is 1. The predicted octanol–water partition coefficient (Wildman–Crippen LogP) is 4.23. The van der Waals surface area contributed by atoms with Gasteiger partial charge in [-0.25, -0.2) is 4.99 Å². The second-order valence-corrected chi connectivity index (χ2v) is 8.83. The number of hydrogen-bond acceptors (Lipinski definition) is 4. The summed E-state index contributed by atoms with van der Waals surface area (Å²) in [5.41, 5.74) is 2.58. The molecule has 1 saturated heterocycles. The van der Waals surface area contributed by atoms with Crippen molar-refractivity contribution in [1.29, 1.82) is 0 Å². The Bertz CT molecular complexity index is 796. The van der Waals surface area contributed by atoms with Gasteiger partial charge >= 0.3 is 0 Å². The zero-order valence-electron chi connectivity index (χ0n) is 20.1. The third-order valence-corrected chi connectivity index (χ3v) is 6.07. The van der Waals surface area contributed by atoms with Crippen LogP contribution in [-0.2, 0) is 19.6 Å². The Morgan fingerprint density at radius 2 is 1.88 bits per heavy atom. The Labute approximate surface area is 194 Å². The average molecular weight is 440 g/mol. The zero-order valence-corrected chi connectivity index (χ0v) is 20.1. The van der Waals surface area contributed by atoms with Crippen LogP contribution >= 0.6 is 0 Å². The smallest absolute Gasteiger partial charge is 0.191 e. The number of nitrogens with one attached hydrogen (secondary N) is 2. The molecule has 1 fully saturated rings. The van der Waals surface area contributed by atoms with Crippen LogP contribution in [0.4, 0.5) is 0 Å². The fraction of sp³-hybridized carbons (Fsp3) is 0.577. The van der Waals surface area contributed by atoms with Crippen LogP contribution in [0.1, 0.15) is 56.4 Å². The second kappa shape index (κ2) is 13.3. The van der Waals surface area contributed by atoms with Gasteiger partial charge in [0.05, 0.1) is 19.4 Å². The van der Waals surface area contributed by atoms with Gasteiger partial charge in [-0.05, 0) is 63.0 Å². The molecule has 176 valence electrons. The third-order valence-electron chi connectivity index (χ3n) is 6.07. The maximum absolute atomic E-state index is 5.49. The summed E-state index contributed by atoms with van der Waals surface area (Å²) in [7, 11) is 2.13. The Morgan fingerprint density at radius 1 is 1.09 bits per heavy atom. The topological polar surface area (TPSA) is 56.0 Å². The number of likely N-dealkylation sites (tertiary alicyclic amines) is 1. The van der Waals surface area contributed by atoms with Crippen molar-refractivity contribution >= 4 is 5.96 Å². The molecule has 2 N–H and O–H groups in total. The highest BCUT2D eigenvalue weighted by atomic mass is 16.3. The standard InChI is InChI=1S/C26H41N5O/c1-4-6-15-31-16-13-24(14-17-31)29-26(27-5-2)28-19-22-10-7-8-11-23(22)20-30(3)21-25-12-9-18-32-25/h7-12,18,24H,4-6,13-17,19-21H2,1-3H3,(H2,27,28,29). The molecule has 1 aromatic carbocycles. The van der Waals surface area contributed by atoms with E-state index in [4.69, 9.17) is 9.41 Å². The van der Waals surface area contributed by atoms with E-state index in [1.165, 1.54) is 56.4 Å². The molecule has 0 bridgehead atoms. The maximum Gasteiger partial charge on any atom is 0.191 e. The minimum absolute atomic E-state index is 0.500. The first-order valence-corrected chi connectivity index (χ1v) is 12.2. The molecule has 0 saturated carbocycles. The van der Waals surface area contributed by atoms with Crippen molar-refractivity contribution in [2.24, 2.45) is 4.99 Å². The van der Waals surface area contributed by atoms with E-state index in [-0.39, 0.29) is 0 Å². The van der Waals surface area contributed by atoms with E-state index in [1.54, 1.807) is 6.26 Å². The van der Waals surface area contributed by atoms with E-state index in [2.05, 4.69) is 65.6 Å². The molecular weight excluding hydrogens is 398 g/mol. The average Bonchev–Trinajstić information content (AvgIpc) is 3.31. The maximum atomic E-state index is 5.49. The summed E-state index contributed by atoms with van der Waals surface area (Å²) < 4.78 is 5.49. The minimum atomic E-state index is 0.500. The van der Waals surface area contributed by atoms with Crippen molar-refractivity contribution in [2.45, 2.75) is 65.2 Å². The van der Waals surface area contributed by atoms with Crippen molar-refractivity contribution in [3.8, 4) is 0 Å². The van der Waals surface area contributed by atoms with E-state index in [0.29, 0.717) is 12.6 Å². The van der Waals surface area contributed by atoms with Crippen LogP contribution in [0.15, 0.2) is 52.1 Å². The summed E-state index contributed by atoms with van der Waals surface area (Å²) in [5, 5.41) is 7.12. The highest BCUT2D eigenvalue weighted by Gasteiger charge is 2.19. The lowest BCUT2D eigenvalue weighted by Crippen LogP contribution is -2.48. The van der Waals surface area contributed by atoms with E-state index in [9.17, 15) is 0 Å². The van der Waals surface area contributed by atoms with Gasteiger partial charge in [0.25, 0.3) is 0 Å². The van der Waals surface area contributed by atoms with Crippen LogP contribution in [0.5, 0.6) is 0 Å². The Balaban J connectivity index is 1.55. The number of nitrogens with zero attached hydrogens (tertiary/aromatic N) is 3. The lowest BCUT2D eigenvalue weighted by Gasteiger charge is -2.33. The molecule has 1 aromatic heterocycles. The first kappa shape index (κ1) is 24.3. The highest BCUT2D eigenvalue weighted by molar-refractivity contribution is 5.80. The minimum Gasteiger partial charge on any atom is -0.468 e. The molecule has 32 heavy (non-hydrogen) atoms. The second-order valence-electron chi connectivity index (χ2n) is 8.83. The van der Waals surface area contributed by atoms with Crippen molar-refractivity contribution in [1.82, 2.24) is 20.4 Å². The van der Waals surface area contributed by atoms with Gasteiger partial charge in [0, 0.05) is 32.2 Å². The van der Waals surface area contributed by atoms with Gasteiger partial charge in [0.1, 0.15) is 5.76 Å². The molecule has 6 nitrogen and oxygen atoms in total. The molecule has 0 atom stereocenters. The molecule has 0 aliphatic carbocycles. The summed E-state index contributed by atoms with van der Waals surface area (Å²) in [4.78, 5) is 9.81. The van der Waals surface area contributed by atoms with Gasteiger partial charge in [0.2, 0.25) is 0 Å². The molecule has 1 aliphatic heterocycles. The summed E-state index contributed by atoms with van der Waals surface area (Å²) in [6.45, 7) is 11.2. The quantitative estimate of drug-likeness (QED) is 0.405. The normalized spacial score (nSPS) is 15.9. The molecule has 6 heteroatoms. The van der Waals surface area contributed by atoms with Gasteiger partial charge in [0.15, 0.2) is 5.96 Å². The van der Waals surface area contributed by atoms with Crippen LogP contribution in [0.3, 0.4) is 0 Å². The van der Waals surface area contributed by atoms with Gasteiger partial charge in [-0.1, -0.05) is 37.6 Å². The van der Waals surface area contributed by atoms with Crippen LogP contribution in [0.2, 0.25) is 0 Å². The number of hydrogen-bond donors (Lipinski definition) is 2.